The molecule has 2 atom stereocenters. The molecule has 0 bridgehead atoms. The summed E-state index contributed by atoms with van der Waals surface area (Å²) >= 11 is 11.0. The molecule has 0 radical (unpaired) electrons. The first kappa shape index (κ1) is 16.6. The van der Waals surface area contributed by atoms with Gasteiger partial charge in [-0.3, -0.25) is 9.97 Å². The molecule has 4 nitrogen and oxygen atoms in total. The van der Waals surface area contributed by atoms with E-state index in [-0.39, 0.29) is 12.1 Å². The van der Waals surface area contributed by atoms with Gasteiger partial charge in [-0.1, -0.05) is 12.1 Å². The largest absolute Gasteiger partial charge is 0.352 e. The first-order chi connectivity index (χ1) is 12.2. The lowest BCUT2D eigenvalue weighted by Crippen LogP contribution is -2.28. The monoisotopic (exact) mass is 430 g/mol. The molecular formula is C18H15BrN4S2. The summed E-state index contributed by atoms with van der Waals surface area (Å²) in [5.74, 6) is 0. The third-order valence-electron chi connectivity index (χ3n) is 4.15. The van der Waals surface area contributed by atoms with Gasteiger partial charge in [0.25, 0.3) is 0 Å². The first-order valence-electron chi connectivity index (χ1n) is 7.83. The zero-order valence-corrected chi connectivity index (χ0v) is 16.4. The van der Waals surface area contributed by atoms with Gasteiger partial charge in [0.05, 0.1) is 17.8 Å². The van der Waals surface area contributed by atoms with Crippen LogP contribution in [0.2, 0.25) is 0 Å². The summed E-state index contributed by atoms with van der Waals surface area (Å²) in [5.41, 5.74) is 2.13. The van der Waals surface area contributed by atoms with Gasteiger partial charge in [0.2, 0.25) is 0 Å². The van der Waals surface area contributed by atoms with E-state index in [0.29, 0.717) is 6.54 Å². The summed E-state index contributed by atoms with van der Waals surface area (Å²) in [7, 11) is 0. The van der Waals surface area contributed by atoms with Crippen LogP contribution in [0.15, 0.2) is 64.8 Å². The second-order valence-corrected chi connectivity index (χ2v) is 8.03. The van der Waals surface area contributed by atoms with Crippen molar-refractivity contribution < 1.29 is 0 Å². The van der Waals surface area contributed by atoms with Crippen molar-refractivity contribution in [1.82, 2.24) is 20.2 Å². The fraction of sp³-hybridized carbons (Fsp3) is 0.167. The van der Waals surface area contributed by atoms with Crippen molar-refractivity contribution >= 4 is 44.6 Å². The fourth-order valence-corrected chi connectivity index (χ4v) is 4.95. The second-order valence-electron chi connectivity index (χ2n) is 5.78. The lowest BCUT2D eigenvalue weighted by Gasteiger charge is -2.26. The number of thiocarbonyl (C=S) groups is 1. The third kappa shape index (κ3) is 3.44. The summed E-state index contributed by atoms with van der Waals surface area (Å²) in [5, 5.41) is 6.31. The van der Waals surface area contributed by atoms with Crippen molar-refractivity contribution in [1.29, 1.82) is 0 Å². The Morgan fingerprint density at radius 3 is 2.84 bits per heavy atom. The Bertz CT molecular complexity index is 869. The second kappa shape index (κ2) is 7.19. The number of rotatable bonds is 4. The normalized spacial score (nSPS) is 19.9. The molecule has 126 valence electrons. The van der Waals surface area contributed by atoms with Crippen LogP contribution < -0.4 is 5.32 Å². The maximum Gasteiger partial charge on any atom is 0.170 e. The molecule has 25 heavy (non-hydrogen) atoms. The fourth-order valence-electron chi connectivity index (χ4n) is 3.06. The lowest BCUT2D eigenvalue weighted by molar-refractivity contribution is 0.315. The number of nitrogens with one attached hydrogen (secondary N) is 1. The molecule has 0 aliphatic carbocycles. The Hall–Kier alpha value is -1.83. The smallest absolute Gasteiger partial charge is 0.170 e. The number of aromatic nitrogens is 2. The Morgan fingerprint density at radius 1 is 1.24 bits per heavy atom. The highest BCUT2D eigenvalue weighted by Gasteiger charge is 2.40. The van der Waals surface area contributed by atoms with Gasteiger partial charge in [0, 0.05) is 39.9 Å². The zero-order chi connectivity index (χ0) is 17.2. The van der Waals surface area contributed by atoms with Crippen molar-refractivity contribution in [2.75, 3.05) is 0 Å². The van der Waals surface area contributed by atoms with E-state index in [1.807, 2.05) is 36.7 Å². The number of pyridine rings is 2. The van der Waals surface area contributed by atoms with E-state index >= 15 is 0 Å². The van der Waals surface area contributed by atoms with Crippen LogP contribution in [0.3, 0.4) is 0 Å². The lowest BCUT2D eigenvalue weighted by atomic mass is 10.0. The van der Waals surface area contributed by atoms with Gasteiger partial charge >= 0.3 is 0 Å². The van der Waals surface area contributed by atoms with E-state index in [1.54, 1.807) is 17.5 Å². The molecule has 1 fully saturated rings. The molecule has 1 saturated heterocycles. The molecule has 3 aromatic rings. The summed E-state index contributed by atoms with van der Waals surface area (Å²) in [6.07, 6.45) is 5.50. The van der Waals surface area contributed by atoms with Crippen LogP contribution in [0.4, 0.5) is 0 Å². The molecule has 0 spiro atoms. The van der Waals surface area contributed by atoms with E-state index in [2.05, 4.69) is 53.6 Å². The summed E-state index contributed by atoms with van der Waals surface area (Å²) < 4.78 is 1.09. The molecule has 0 saturated carbocycles. The molecule has 4 heterocycles. The Balaban J connectivity index is 1.72. The minimum atomic E-state index is 0.0240. The number of hydrogen-bond donors (Lipinski definition) is 1. The summed E-state index contributed by atoms with van der Waals surface area (Å²) in [4.78, 5) is 12.2. The average Bonchev–Trinajstić information content (AvgIpc) is 3.20. The van der Waals surface area contributed by atoms with Crippen LogP contribution in [0.5, 0.6) is 0 Å². The van der Waals surface area contributed by atoms with Crippen molar-refractivity contribution in [3.05, 3.63) is 81.0 Å². The zero-order valence-electron chi connectivity index (χ0n) is 13.2. The number of nitrogens with zero attached hydrogens (tertiary/aromatic N) is 3. The van der Waals surface area contributed by atoms with Gasteiger partial charge in [-0.2, -0.15) is 0 Å². The van der Waals surface area contributed by atoms with E-state index in [0.717, 1.165) is 20.8 Å². The molecule has 0 aromatic carbocycles. The van der Waals surface area contributed by atoms with Crippen LogP contribution in [-0.4, -0.2) is 20.0 Å². The highest BCUT2D eigenvalue weighted by Crippen LogP contribution is 2.42. The van der Waals surface area contributed by atoms with Gasteiger partial charge in [0.15, 0.2) is 5.11 Å². The molecule has 0 amide bonds. The topological polar surface area (TPSA) is 41.1 Å². The predicted octanol–water partition coefficient (Wildman–Crippen LogP) is 4.47. The van der Waals surface area contributed by atoms with Crippen molar-refractivity contribution in [2.24, 2.45) is 0 Å². The maximum absolute atomic E-state index is 5.66. The van der Waals surface area contributed by atoms with Gasteiger partial charge in [-0.25, -0.2) is 0 Å². The Labute approximate surface area is 164 Å². The Morgan fingerprint density at radius 2 is 2.16 bits per heavy atom. The number of thiophene rings is 1. The van der Waals surface area contributed by atoms with E-state index in [9.17, 15) is 0 Å². The van der Waals surface area contributed by atoms with E-state index < -0.39 is 0 Å². The maximum atomic E-state index is 5.66. The quantitative estimate of drug-likeness (QED) is 0.618. The average molecular weight is 431 g/mol. The van der Waals surface area contributed by atoms with Crippen LogP contribution >= 0.6 is 39.5 Å². The van der Waals surface area contributed by atoms with Gasteiger partial charge in [0.1, 0.15) is 0 Å². The van der Waals surface area contributed by atoms with Crippen molar-refractivity contribution in [2.45, 2.75) is 18.6 Å². The van der Waals surface area contributed by atoms with E-state index in [1.165, 1.54) is 4.88 Å². The Kier molecular flexibility index (Phi) is 4.78. The van der Waals surface area contributed by atoms with Crippen LogP contribution in [-0.2, 0) is 6.54 Å². The molecular weight excluding hydrogens is 416 g/mol. The minimum Gasteiger partial charge on any atom is -0.352 e. The molecule has 0 unspecified atom stereocenters. The summed E-state index contributed by atoms with van der Waals surface area (Å²) in [6, 6.07) is 12.3. The highest BCUT2D eigenvalue weighted by atomic mass is 79.9. The van der Waals surface area contributed by atoms with Crippen molar-refractivity contribution in [3.8, 4) is 0 Å². The number of halogens is 1. The summed E-state index contributed by atoms with van der Waals surface area (Å²) in [6.45, 7) is 0.712. The minimum absolute atomic E-state index is 0.0240. The predicted molar refractivity (Wildman–Crippen MR) is 107 cm³/mol. The van der Waals surface area contributed by atoms with Crippen LogP contribution in [0.1, 0.15) is 28.2 Å². The SMILES string of the molecule is S=C1N[C@@H](c2ccccn2)[C@@H](c2cc(Br)cs2)N1Cc1cccnc1. The first-order valence-corrected chi connectivity index (χ1v) is 9.91. The van der Waals surface area contributed by atoms with Gasteiger partial charge in [-0.15, -0.1) is 11.3 Å². The molecule has 1 N–H and O–H groups in total. The highest BCUT2D eigenvalue weighted by molar-refractivity contribution is 9.10. The van der Waals surface area contributed by atoms with Crippen LogP contribution in [0, 0.1) is 0 Å². The third-order valence-corrected chi connectivity index (χ3v) is 6.27. The standard InChI is InChI=1S/C18H15BrN4S2/c19-13-8-15(25-11-13)17-16(14-5-1-2-7-21-14)22-18(24)23(17)10-12-4-3-6-20-9-12/h1-9,11,16-17H,10H2,(H,22,24)/t16-,17+/m0/s1. The molecule has 4 rings (SSSR count). The van der Waals surface area contributed by atoms with Gasteiger partial charge < -0.3 is 10.2 Å². The van der Waals surface area contributed by atoms with Crippen LogP contribution in [0.25, 0.3) is 0 Å². The molecule has 3 aromatic heterocycles. The van der Waals surface area contributed by atoms with E-state index in [4.69, 9.17) is 12.2 Å². The van der Waals surface area contributed by atoms with Crippen molar-refractivity contribution in [3.63, 3.8) is 0 Å². The molecule has 1 aliphatic rings. The molecule has 1 aliphatic heterocycles. The number of hydrogen-bond acceptors (Lipinski definition) is 4. The molecule has 7 heteroatoms. The van der Waals surface area contributed by atoms with Gasteiger partial charge in [-0.05, 0) is 58.0 Å².